The average Bonchev–Trinajstić information content (AvgIpc) is 2.43. The number of morpholine rings is 1. The standard InChI is InChI=1S/C14H18F3N3O2/c1-9-6-20(7-10(2)22-9)12-4-3-11(5-18-12)13(21)19-8-14(15,16)17/h3-5,9-10H,6-8H2,1-2H3,(H,19,21)/t9-,10-/m0/s1. The van der Waals surface area contributed by atoms with E-state index < -0.39 is 18.6 Å². The Morgan fingerprint density at radius 1 is 1.36 bits per heavy atom. The van der Waals surface area contributed by atoms with Gasteiger partial charge in [0.05, 0.1) is 17.8 Å². The van der Waals surface area contributed by atoms with Crippen molar-refractivity contribution in [2.24, 2.45) is 0 Å². The first-order valence-electron chi connectivity index (χ1n) is 6.96. The van der Waals surface area contributed by atoms with Gasteiger partial charge >= 0.3 is 6.18 Å². The number of anilines is 1. The molecular weight excluding hydrogens is 299 g/mol. The number of halogens is 3. The lowest BCUT2D eigenvalue weighted by Crippen LogP contribution is -2.45. The molecule has 8 heteroatoms. The number of amides is 1. The van der Waals surface area contributed by atoms with Crippen molar-refractivity contribution in [2.75, 3.05) is 24.5 Å². The number of hydrogen-bond acceptors (Lipinski definition) is 4. The molecule has 0 spiro atoms. The Morgan fingerprint density at radius 2 is 2.00 bits per heavy atom. The molecule has 1 amide bonds. The van der Waals surface area contributed by atoms with Gasteiger partial charge in [-0.3, -0.25) is 4.79 Å². The van der Waals surface area contributed by atoms with Crippen molar-refractivity contribution in [3.05, 3.63) is 23.9 Å². The molecule has 2 heterocycles. The van der Waals surface area contributed by atoms with Crippen LogP contribution in [0.25, 0.3) is 0 Å². The lowest BCUT2D eigenvalue weighted by molar-refractivity contribution is -0.123. The number of carbonyl (C=O) groups excluding carboxylic acids is 1. The van der Waals surface area contributed by atoms with Gasteiger partial charge in [0.1, 0.15) is 12.4 Å². The van der Waals surface area contributed by atoms with Crippen LogP contribution < -0.4 is 10.2 Å². The molecule has 0 radical (unpaired) electrons. The van der Waals surface area contributed by atoms with E-state index in [-0.39, 0.29) is 17.8 Å². The van der Waals surface area contributed by atoms with Gasteiger partial charge in [-0.05, 0) is 26.0 Å². The van der Waals surface area contributed by atoms with E-state index in [1.807, 2.05) is 24.1 Å². The number of ether oxygens (including phenoxy) is 1. The summed E-state index contributed by atoms with van der Waals surface area (Å²) in [6.07, 6.45) is -3.00. The molecule has 1 aromatic rings. The molecule has 5 nitrogen and oxygen atoms in total. The average molecular weight is 317 g/mol. The molecule has 2 rings (SSSR count). The van der Waals surface area contributed by atoms with Crippen LogP contribution in [-0.2, 0) is 4.74 Å². The fourth-order valence-corrected chi connectivity index (χ4v) is 2.35. The zero-order valence-corrected chi connectivity index (χ0v) is 12.4. The maximum atomic E-state index is 12.1. The molecule has 0 aromatic carbocycles. The number of hydrogen-bond donors (Lipinski definition) is 1. The van der Waals surface area contributed by atoms with Crippen molar-refractivity contribution in [3.63, 3.8) is 0 Å². The van der Waals surface area contributed by atoms with Crippen LogP contribution in [0.1, 0.15) is 24.2 Å². The maximum Gasteiger partial charge on any atom is 0.405 e. The normalized spacial score (nSPS) is 22.5. The molecular formula is C14H18F3N3O2. The number of nitrogens with zero attached hydrogens (tertiary/aromatic N) is 2. The number of alkyl halides is 3. The van der Waals surface area contributed by atoms with Gasteiger partial charge in [-0.25, -0.2) is 4.98 Å². The molecule has 0 unspecified atom stereocenters. The van der Waals surface area contributed by atoms with Crippen LogP contribution in [0.4, 0.5) is 19.0 Å². The summed E-state index contributed by atoms with van der Waals surface area (Å²) in [6.45, 7) is 3.92. The Bertz CT molecular complexity index is 509. The number of rotatable bonds is 3. The highest BCUT2D eigenvalue weighted by Crippen LogP contribution is 2.18. The summed E-state index contributed by atoms with van der Waals surface area (Å²) < 4.78 is 41.8. The number of carbonyl (C=O) groups is 1. The van der Waals surface area contributed by atoms with E-state index in [1.54, 1.807) is 6.07 Å². The Kier molecular flexibility index (Phi) is 4.90. The van der Waals surface area contributed by atoms with Gasteiger partial charge in [0.25, 0.3) is 5.91 Å². The van der Waals surface area contributed by atoms with E-state index in [0.717, 1.165) is 0 Å². The summed E-state index contributed by atoms with van der Waals surface area (Å²) in [6, 6.07) is 3.10. The van der Waals surface area contributed by atoms with E-state index >= 15 is 0 Å². The zero-order chi connectivity index (χ0) is 16.3. The molecule has 122 valence electrons. The number of pyridine rings is 1. The smallest absolute Gasteiger partial charge is 0.372 e. The van der Waals surface area contributed by atoms with Crippen LogP contribution in [0.5, 0.6) is 0 Å². The van der Waals surface area contributed by atoms with Crippen LogP contribution in [-0.4, -0.2) is 48.9 Å². The third kappa shape index (κ3) is 4.59. The Morgan fingerprint density at radius 3 is 2.50 bits per heavy atom. The van der Waals surface area contributed by atoms with E-state index in [1.165, 1.54) is 12.3 Å². The van der Waals surface area contributed by atoms with Crippen molar-refractivity contribution in [2.45, 2.75) is 32.2 Å². The molecule has 1 saturated heterocycles. The first-order chi connectivity index (χ1) is 10.2. The minimum absolute atomic E-state index is 0.0697. The van der Waals surface area contributed by atoms with Gasteiger partial charge in [0.2, 0.25) is 0 Å². The lowest BCUT2D eigenvalue weighted by Gasteiger charge is -2.36. The van der Waals surface area contributed by atoms with Gasteiger partial charge in [-0.2, -0.15) is 13.2 Å². The van der Waals surface area contributed by atoms with Gasteiger partial charge < -0.3 is 15.0 Å². The number of nitrogens with one attached hydrogen (secondary N) is 1. The fraction of sp³-hybridized carbons (Fsp3) is 0.571. The molecule has 1 fully saturated rings. The lowest BCUT2D eigenvalue weighted by atomic mass is 10.2. The third-order valence-electron chi connectivity index (χ3n) is 3.20. The molecule has 22 heavy (non-hydrogen) atoms. The van der Waals surface area contributed by atoms with Crippen molar-refractivity contribution in [1.82, 2.24) is 10.3 Å². The van der Waals surface area contributed by atoms with Gasteiger partial charge in [0, 0.05) is 19.3 Å². The second kappa shape index (κ2) is 6.51. The summed E-state index contributed by atoms with van der Waals surface area (Å²) in [4.78, 5) is 17.8. The quantitative estimate of drug-likeness (QED) is 0.926. The minimum atomic E-state index is -4.43. The van der Waals surface area contributed by atoms with E-state index in [4.69, 9.17) is 4.74 Å². The first-order valence-corrected chi connectivity index (χ1v) is 6.96. The van der Waals surface area contributed by atoms with Gasteiger partial charge in [-0.1, -0.05) is 0 Å². The summed E-state index contributed by atoms with van der Waals surface area (Å²) in [5.41, 5.74) is 0.0994. The molecule has 0 saturated carbocycles. The number of aromatic nitrogens is 1. The topological polar surface area (TPSA) is 54.5 Å². The summed E-state index contributed by atoms with van der Waals surface area (Å²) in [5.74, 6) is -0.116. The maximum absolute atomic E-state index is 12.1. The van der Waals surface area contributed by atoms with E-state index in [0.29, 0.717) is 18.9 Å². The van der Waals surface area contributed by atoms with E-state index in [9.17, 15) is 18.0 Å². The third-order valence-corrected chi connectivity index (χ3v) is 3.20. The molecule has 1 aromatic heterocycles. The second-order valence-corrected chi connectivity index (χ2v) is 5.37. The van der Waals surface area contributed by atoms with Crippen molar-refractivity contribution in [3.8, 4) is 0 Å². The van der Waals surface area contributed by atoms with Gasteiger partial charge in [0.15, 0.2) is 0 Å². The van der Waals surface area contributed by atoms with E-state index in [2.05, 4.69) is 4.98 Å². The Labute approximate surface area is 126 Å². The largest absolute Gasteiger partial charge is 0.405 e. The van der Waals surface area contributed by atoms with Crippen LogP contribution in [0.3, 0.4) is 0 Å². The first kappa shape index (κ1) is 16.5. The van der Waals surface area contributed by atoms with Crippen LogP contribution in [0.15, 0.2) is 18.3 Å². The zero-order valence-electron chi connectivity index (χ0n) is 12.4. The minimum Gasteiger partial charge on any atom is -0.372 e. The summed E-state index contributed by atoms with van der Waals surface area (Å²) in [5, 5.41) is 1.81. The Hall–Kier alpha value is -1.83. The highest BCUT2D eigenvalue weighted by molar-refractivity contribution is 5.94. The predicted molar refractivity (Wildman–Crippen MR) is 74.8 cm³/mol. The van der Waals surface area contributed by atoms with Crippen LogP contribution >= 0.6 is 0 Å². The predicted octanol–water partition coefficient (Wildman–Crippen LogP) is 1.99. The Balaban J connectivity index is 1.99. The van der Waals surface area contributed by atoms with Crippen LogP contribution in [0.2, 0.25) is 0 Å². The second-order valence-electron chi connectivity index (χ2n) is 5.37. The highest BCUT2D eigenvalue weighted by Gasteiger charge is 2.28. The SMILES string of the molecule is C[C@H]1CN(c2ccc(C(=O)NCC(F)(F)F)cn2)C[C@H](C)O1. The molecule has 1 aliphatic rings. The van der Waals surface area contributed by atoms with Crippen molar-refractivity contribution >= 4 is 11.7 Å². The summed E-state index contributed by atoms with van der Waals surface area (Å²) >= 11 is 0. The van der Waals surface area contributed by atoms with Crippen LogP contribution in [0, 0.1) is 0 Å². The van der Waals surface area contributed by atoms with Crippen molar-refractivity contribution < 1.29 is 22.7 Å². The summed E-state index contributed by atoms with van der Waals surface area (Å²) in [7, 11) is 0. The molecule has 1 aliphatic heterocycles. The highest BCUT2D eigenvalue weighted by atomic mass is 19.4. The van der Waals surface area contributed by atoms with Crippen molar-refractivity contribution in [1.29, 1.82) is 0 Å². The molecule has 0 aliphatic carbocycles. The monoisotopic (exact) mass is 317 g/mol. The molecule has 0 bridgehead atoms. The molecule has 1 N–H and O–H groups in total. The van der Waals surface area contributed by atoms with Gasteiger partial charge in [-0.15, -0.1) is 0 Å². The molecule has 2 atom stereocenters. The fourth-order valence-electron chi connectivity index (χ4n) is 2.35.